The highest BCUT2D eigenvalue weighted by Crippen LogP contribution is 2.18. The normalized spacial score (nSPS) is 11.5. The van der Waals surface area contributed by atoms with Crippen molar-refractivity contribution in [3.05, 3.63) is 64.7 Å². The Kier molecular flexibility index (Phi) is 6.21. The number of hydrogen-bond donors (Lipinski definition) is 2. The quantitative estimate of drug-likeness (QED) is 0.817. The second-order valence-corrected chi connectivity index (χ2v) is 5.65. The number of nitrogens with one attached hydrogen (secondary N) is 2. The van der Waals surface area contributed by atoms with E-state index in [0.29, 0.717) is 16.3 Å². The SMILES string of the molecule is CCc1ccc(C(=O)NNC(=O)C(C)Oc2cccc(Cl)c2)cc1. The number of halogens is 1. The third-order valence-corrected chi connectivity index (χ3v) is 3.64. The number of carbonyl (C=O) groups is 2. The van der Waals surface area contributed by atoms with Crippen molar-refractivity contribution in [3.63, 3.8) is 0 Å². The van der Waals surface area contributed by atoms with Crippen LogP contribution in [0.1, 0.15) is 29.8 Å². The molecule has 0 heterocycles. The second-order valence-electron chi connectivity index (χ2n) is 5.21. The van der Waals surface area contributed by atoms with Crippen LogP contribution in [0.25, 0.3) is 0 Å². The first-order valence-electron chi connectivity index (χ1n) is 7.61. The van der Waals surface area contributed by atoms with Gasteiger partial charge in [0.1, 0.15) is 5.75 Å². The highest BCUT2D eigenvalue weighted by Gasteiger charge is 2.16. The van der Waals surface area contributed by atoms with Crippen molar-refractivity contribution in [3.8, 4) is 5.75 Å². The lowest BCUT2D eigenvalue weighted by molar-refractivity contribution is -0.128. The Labute approximate surface area is 145 Å². The summed E-state index contributed by atoms with van der Waals surface area (Å²) in [6.45, 7) is 3.62. The van der Waals surface area contributed by atoms with E-state index in [4.69, 9.17) is 16.3 Å². The molecule has 2 aromatic carbocycles. The summed E-state index contributed by atoms with van der Waals surface area (Å²) in [6.07, 6.45) is 0.114. The second kappa shape index (κ2) is 8.36. The molecule has 0 radical (unpaired) electrons. The molecular formula is C18H19ClN2O3. The Morgan fingerprint density at radius 1 is 1.12 bits per heavy atom. The van der Waals surface area contributed by atoms with Gasteiger partial charge < -0.3 is 4.74 Å². The Morgan fingerprint density at radius 3 is 2.46 bits per heavy atom. The van der Waals surface area contributed by atoms with E-state index in [9.17, 15) is 9.59 Å². The maximum absolute atomic E-state index is 12.0. The fraction of sp³-hybridized carbons (Fsp3) is 0.222. The molecule has 1 atom stereocenters. The minimum Gasteiger partial charge on any atom is -0.481 e. The number of carbonyl (C=O) groups excluding carboxylic acids is 2. The van der Waals surface area contributed by atoms with E-state index in [1.807, 2.05) is 19.1 Å². The smallest absolute Gasteiger partial charge is 0.279 e. The van der Waals surface area contributed by atoms with Crippen LogP contribution in [0.4, 0.5) is 0 Å². The van der Waals surface area contributed by atoms with Crippen molar-refractivity contribution < 1.29 is 14.3 Å². The van der Waals surface area contributed by atoms with E-state index in [1.54, 1.807) is 43.3 Å². The van der Waals surface area contributed by atoms with Crippen molar-refractivity contribution in [1.29, 1.82) is 0 Å². The molecule has 2 amide bonds. The van der Waals surface area contributed by atoms with Crippen LogP contribution in [-0.4, -0.2) is 17.9 Å². The molecule has 0 bridgehead atoms. The molecule has 0 saturated heterocycles. The van der Waals surface area contributed by atoms with Crippen molar-refractivity contribution >= 4 is 23.4 Å². The van der Waals surface area contributed by atoms with E-state index in [-0.39, 0.29) is 5.91 Å². The number of hydrazine groups is 1. The number of aryl methyl sites for hydroxylation is 1. The predicted octanol–water partition coefficient (Wildman–Crippen LogP) is 3.13. The first kappa shape index (κ1) is 17.8. The fourth-order valence-corrected chi connectivity index (χ4v) is 2.16. The van der Waals surface area contributed by atoms with E-state index in [1.165, 1.54) is 0 Å². The number of rotatable bonds is 5. The Hall–Kier alpha value is -2.53. The molecule has 0 saturated carbocycles. The molecule has 0 aliphatic carbocycles. The molecule has 0 fully saturated rings. The van der Waals surface area contributed by atoms with Gasteiger partial charge in [0.05, 0.1) is 0 Å². The average Bonchev–Trinajstić information content (AvgIpc) is 2.59. The highest BCUT2D eigenvalue weighted by atomic mass is 35.5. The zero-order valence-corrected chi connectivity index (χ0v) is 14.3. The minimum absolute atomic E-state index is 0.388. The van der Waals surface area contributed by atoms with Crippen LogP contribution in [0.5, 0.6) is 5.75 Å². The zero-order valence-electron chi connectivity index (χ0n) is 13.5. The number of hydrogen-bond acceptors (Lipinski definition) is 3. The van der Waals surface area contributed by atoms with Gasteiger partial charge >= 0.3 is 0 Å². The molecule has 0 aliphatic rings. The fourth-order valence-electron chi connectivity index (χ4n) is 1.98. The van der Waals surface area contributed by atoms with Gasteiger partial charge in [-0.25, -0.2) is 0 Å². The lowest BCUT2D eigenvalue weighted by atomic mass is 10.1. The molecule has 0 aliphatic heterocycles. The monoisotopic (exact) mass is 346 g/mol. The third kappa shape index (κ3) is 4.99. The summed E-state index contributed by atoms with van der Waals surface area (Å²) in [6, 6.07) is 13.9. The topological polar surface area (TPSA) is 67.4 Å². The summed E-state index contributed by atoms with van der Waals surface area (Å²) in [4.78, 5) is 24.0. The Morgan fingerprint density at radius 2 is 1.83 bits per heavy atom. The van der Waals surface area contributed by atoms with Gasteiger partial charge in [0, 0.05) is 10.6 Å². The molecule has 0 aromatic heterocycles. The third-order valence-electron chi connectivity index (χ3n) is 3.40. The summed E-state index contributed by atoms with van der Waals surface area (Å²) in [7, 11) is 0. The van der Waals surface area contributed by atoms with Crippen LogP contribution in [0.2, 0.25) is 5.02 Å². The van der Waals surface area contributed by atoms with E-state index < -0.39 is 12.0 Å². The van der Waals surface area contributed by atoms with Crippen LogP contribution in [0.3, 0.4) is 0 Å². The van der Waals surface area contributed by atoms with Crippen LogP contribution >= 0.6 is 11.6 Å². The number of amides is 2. The minimum atomic E-state index is -0.786. The van der Waals surface area contributed by atoms with Gasteiger partial charge in [0.25, 0.3) is 11.8 Å². The Balaban J connectivity index is 1.86. The van der Waals surface area contributed by atoms with Gasteiger partial charge in [-0.15, -0.1) is 0 Å². The molecule has 2 aromatic rings. The van der Waals surface area contributed by atoms with Gasteiger partial charge in [-0.1, -0.05) is 36.7 Å². The average molecular weight is 347 g/mol. The van der Waals surface area contributed by atoms with E-state index >= 15 is 0 Å². The highest BCUT2D eigenvalue weighted by molar-refractivity contribution is 6.30. The van der Waals surface area contributed by atoms with Gasteiger partial charge in [-0.05, 0) is 49.2 Å². The molecule has 0 spiro atoms. The molecule has 5 nitrogen and oxygen atoms in total. The van der Waals surface area contributed by atoms with Crippen molar-refractivity contribution in [2.45, 2.75) is 26.4 Å². The number of benzene rings is 2. The summed E-state index contributed by atoms with van der Waals surface area (Å²) in [5.74, 6) is -0.374. The first-order chi connectivity index (χ1) is 11.5. The van der Waals surface area contributed by atoms with Gasteiger partial charge in [0.2, 0.25) is 0 Å². The van der Waals surface area contributed by atoms with E-state index in [0.717, 1.165) is 12.0 Å². The predicted molar refractivity (Wildman–Crippen MR) is 93.0 cm³/mol. The number of ether oxygens (including phenoxy) is 1. The van der Waals surface area contributed by atoms with Crippen LogP contribution in [0, 0.1) is 0 Å². The maximum atomic E-state index is 12.0. The lowest BCUT2D eigenvalue weighted by Gasteiger charge is -2.15. The molecule has 2 rings (SSSR count). The lowest BCUT2D eigenvalue weighted by Crippen LogP contribution is -2.47. The van der Waals surface area contributed by atoms with Gasteiger partial charge in [0.15, 0.2) is 6.10 Å². The first-order valence-corrected chi connectivity index (χ1v) is 7.98. The zero-order chi connectivity index (χ0) is 17.5. The Bertz CT molecular complexity index is 716. The van der Waals surface area contributed by atoms with Gasteiger partial charge in [-0.2, -0.15) is 0 Å². The summed E-state index contributed by atoms with van der Waals surface area (Å²) in [5.41, 5.74) is 6.32. The molecular weight excluding hydrogens is 328 g/mol. The van der Waals surface area contributed by atoms with Crippen LogP contribution in [-0.2, 0) is 11.2 Å². The van der Waals surface area contributed by atoms with E-state index in [2.05, 4.69) is 10.9 Å². The molecule has 6 heteroatoms. The largest absolute Gasteiger partial charge is 0.481 e. The molecule has 2 N–H and O–H groups in total. The van der Waals surface area contributed by atoms with Gasteiger partial charge in [-0.3, -0.25) is 20.4 Å². The molecule has 24 heavy (non-hydrogen) atoms. The molecule has 1 unspecified atom stereocenters. The maximum Gasteiger partial charge on any atom is 0.279 e. The van der Waals surface area contributed by atoms with Crippen LogP contribution in [0.15, 0.2) is 48.5 Å². The van der Waals surface area contributed by atoms with Crippen LogP contribution < -0.4 is 15.6 Å². The summed E-state index contributed by atoms with van der Waals surface area (Å²) < 4.78 is 5.48. The van der Waals surface area contributed by atoms with Crippen molar-refractivity contribution in [1.82, 2.24) is 10.9 Å². The van der Waals surface area contributed by atoms with Crippen molar-refractivity contribution in [2.24, 2.45) is 0 Å². The molecule has 126 valence electrons. The van der Waals surface area contributed by atoms with Crippen molar-refractivity contribution in [2.75, 3.05) is 0 Å². The standard InChI is InChI=1S/C18H19ClN2O3/c1-3-13-7-9-14(10-8-13)18(23)21-20-17(22)12(2)24-16-6-4-5-15(19)11-16/h4-12H,3H2,1-2H3,(H,20,22)(H,21,23). The summed E-state index contributed by atoms with van der Waals surface area (Å²) in [5, 5.41) is 0.518. The summed E-state index contributed by atoms with van der Waals surface area (Å²) >= 11 is 5.86.